The average molecular weight is 254 g/mol. The summed E-state index contributed by atoms with van der Waals surface area (Å²) in [6.45, 7) is 9.32. The molecule has 18 heavy (non-hydrogen) atoms. The summed E-state index contributed by atoms with van der Waals surface area (Å²) in [5.74, 6) is 0.821. The minimum absolute atomic E-state index is 0.239. The number of hydrogen-bond donors (Lipinski definition) is 1. The number of hydrogen-bond acceptors (Lipinski definition) is 2. The molecule has 0 aromatic heterocycles. The van der Waals surface area contributed by atoms with Crippen LogP contribution in [0, 0.1) is 11.3 Å². The van der Waals surface area contributed by atoms with Crippen molar-refractivity contribution in [3.63, 3.8) is 0 Å². The quantitative estimate of drug-likeness (QED) is 0.830. The number of nitrogens with two attached hydrogens (primary N) is 1. The van der Waals surface area contributed by atoms with Gasteiger partial charge in [-0.05, 0) is 51.1 Å². The van der Waals surface area contributed by atoms with Gasteiger partial charge in [-0.2, -0.15) is 0 Å². The molecule has 0 radical (unpaired) electrons. The van der Waals surface area contributed by atoms with Crippen LogP contribution in [0.15, 0.2) is 0 Å². The lowest BCUT2D eigenvalue weighted by molar-refractivity contribution is 0.0441. The van der Waals surface area contributed by atoms with Crippen molar-refractivity contribution >= 4 is 0 Å². The molecule has 3 atom stereocenters. The van der Waals surface area contributed by atoms with Gasteiger partial charge in [-0.1, -0.05) is 40.5 Å². The predicted molar refractivity (Wildman–Crippen MR) is 80.7 cm³/mol. The van der Waals surface area contributed by atoms with Crippen LogP contribution in [0.5, 0.6) is 0 Å². The highest BCUT2D eigenvalue weighted by molar-refractivity contribution is 5.00. The first-order valence-electron chi connectivity index (χ1n) is 7.60. The zero-order valence-corrected chi connectivity index (χ0v) is 13.4. The molecular weight excluding hydrogens is 220 g/mol. The van der Waals surface area contributed by atoms with Crippen molar-refractivity contribution in [2.45, 2.75) is 77.8 Å². The molecule has 108 valence electrons. The first-order valence-corrected chi connectivity index (χ1v) is 7.60. The number of nitrogens with zero attached hydrogens (tertiary/aromatic N) is 1. The first-order chi connectivity index (χ1) is 8.17. The van der Waals surface area contributed by atoms with E-state index >= 15 is 0 Å². The van der Waals surface area contributed by atoms with Crippen molar-refractivity contribution in [2.24, 2.45) is 17.1 Å². The summed E-state index contributed by atoms with van der Waals surface area (Å²) in [4.78, 5) is 2.41. The van der Waals surface area contributed by atoms with Gasteiger partial charge in [0.25, 0.3) is 0 Å². The van der Waals surface area contributed by atoms with Crippen molar-refractivity contribution in [3.05, 3.63) is 0 Å². The van der Waals surface area contributed by atoms with Crippen LogP contribution in [0.1, 0.15) is 66.2 Å². The Morgan fingerprint density at radius 1 is 1.33 bits per heavy atom. The normalized spacial score (nSPS) is 31.7. The molecule has 0 bridgehead atoms. The van der Waals surface area contributed by atoms with Gasteiger partial charge in [0, 0.05) is 11.6 Å². The fourth-order valence-corrected chi connectivity index (χ4v) is 3.50. The minimum atomic E-state index is 0.239. The van der Waals surface area contributed by atoms with E-state index in [1.54, 1.807) is 0 Å². The van der Waals surface area contributed by atoms with E-state index in [1.807, 2.05) is 0 Å². The molecule has 2 N–H and O–H groups in total. The van der Waals surface area contributed by atoms with Crippen LogP contribution >= 0.6 is 0 Å². The first kappa shape index (κ1) is 16.0. The maximum Gasteiger partial charge on any atom is 0.0356 e. The Morgan fingerprint density at radius 3 is 2.39 bits per heavy atom. The third-order valence-corrected chi connectivity index (χ3v) is 4.79. The van der Waals surface area contributed by atoms with Crippen LogP contribution in [-0.2, 0) is 0 Å². The maximum absolute atomic E-state index is 6.61. The molecule has 1 aliphatic carbocycles. The maximum atomic E-state index is 6.61. The molecular formula is C16H34N2. The molecule has 1 aliphatic rings. The highest BCUT2D eigenvalue weighted by Gasteiger charge is 2.41. The Kier molecular flexibility index (Phi) is 5.25. The Labute approximate surface area is 114 Å². The van der Waals surface area contributed by atoms with Crippen LogP contribution < -0.4 is 5.73 Å². The molecule has 0 heterocycles. The molecule has 0 spiro atoms. The van der Waals surface area contributed by atoms with Gasteiger partial charge in [-0.3, -0.25) is 0 Å². The zero-order valence-electron chi connectivity index (χ0n) is 13.4. The van der Waals surface area contributed by atoms with Gasteiger partial charge in [0.1, 0.15) is 0 Å². The second-order valence-corrected chi connectivity index (χ2v) is 7.91. The molecule has 0 amide bonds. The molecule has 0 aromatic carbocycles. The number of rotatable bonds is 4. The van der Waals surface area contributed by atoms with Crippen molar-refractivity contribution in [1.29, 1.82) is 0 Å². The van der Waals surface area contributed by atoms with E-state index in [2.05, 4.69) is 46.7 Å². The van der Waals surface area contributed by atoms with Crippen molar-refractivity contribution in [1.82, 2.24) is 4.90 Å². The van der Waals surface area contributed by atoms with E-state index in [0.29, 0.717) is 11.5 Å². The van der Waals surface area contributed by atoms with E-state index in [1.165, 1.54) is 32.1 Å². The van der Waals surface area contributed by atoms with Gasteiger partial charge < -0.3 is 10.6 Å². The summed E-state index contributed by atoms with van der Waals surface area (Å²) in [7, 11) is 4.43. The van der Waals surface area contributed by atoms with Crippen molar-refractivity contribution < 1.29 is 0 Å². The van der Waals surface area contributed by atoms with E-state index in [9.17, 15) is 0 Å². The Balaban J connectivity index is 2.71. The highest BCUT2D eigenvalue weighted by Crippen LogP contribution is 2.39. The molecule has 1 saturated carbocycles. The molecule has 0 aromatic rings. The molecule has 1 fully saturated rings. The van der Waals surface area contributed by atoms with Crippen LogP contribution in [0.4, 0.5) is 0 Å². The Morgan fingerprint density at radius 2 is 1.94 bits per heavy atom. The van der Waals surface area contributed by atoms with Gasteiger partial charge in [-0.25, -0.2) is 0 Å². The summed E-state index contributed by atoms with van der Waals surface area (Å²) in [6.07, 6.45) is 7.62. The molecule has 0 saturated heterocycles. The van der Waals surface area contributed by atoms with E-state index < -0.39 is 0 Å². The molecule has 1 rings (SSSR count). The molecule has 0 aliphatic heterocycles. The summed E-state index contributed by atoms with van der Waals surface area (Å²) < 4.78 is 0. The molecule has 2 nitrogen and oxygen atoms in total. The highest BCUT2D eigenvalue weighted by atomic mass is 15.2. The Bertz CT molecular complexity index is 254. The lowest BCUT2D eigenvalue weighted by Crippen LogP contribution is -2.59. The SMILES string of the molecule is CC1CCCC(C(N)CCC(C)(C)C)(N(C)C)C1. The van der Waals surface area contributed by atoms with Crippen LogP contribution in [0.25, 0.3) is 0 Å². The van der Waals surface area contributed by atoms with Gasteiger partial charge >= 0.3 is 0 Å². The predicted octanol–water partition coefficient (Wildman–Crippen LogP) is 3.65. The van der Waals surface area contributed by atoms with Gasteiger partial charge in [0.15, 0.2) is 0 Å². The van der Waals surface area contributed by atoms with Gasteiger partial charge in [0.05, 0.1) is 0 Å². The van der Waals surface area contributed by atoms with E-state index in [0.717, 1.165) is 12.3 Å². The van der Waals surface area contributed by atoms with Crippen LogP contribution in [0.2, 0.25) is 0 Å². The van der Waals surface area contributed by atoms with Crippen LogP contribution in [-0.4, -0.2) is 30.6 Å². The molecule has 3 unspecified atom stereocenters. The zero-order chi connectivity index (χ0) is 14.0. The third kappa shape index (κ3) is 3.96. The van der Waals surface area contributed by atoms with Gasteiger partial charge in [-0.15, -0.1) is 0 Å². The average Bonchev–Trinajstić information content (AvgIpc) is 2.24. The van der Waals surface area contributed by atoms with E-state index in [4.69, 9.17) is 5.73 Å². The Hall–Kier alpha value is -0.0800. The summed E-state index contributed by atoms with van der Waals surface area (Å²) >= 11 is 0. The lowest BCUT2D eigenvalue weighted by atomic mass is 9.69. The largest absolute Gasteiger partial charge is 0.326 e. The minimum Gasteiger partial charge on any atom is -0.326 e. The second-order valence-electron chi connectivity index (χ2n) is 7.91. The number of likely N-dealkylation sites (N-methyl/N-ethyl adjacent to an activating group) is 1. The summed E-state index contributed by atoms with van der Waals surface area (Å²) in [5, 5.41) is 0. The summed E-state index contributed by atoms with van der Waals surface area (Å²) in [5.41, 5.74) is 7.25. The molecule has 2 heteroatoms. The second kappa shape index (κ2) is 5.92. The van der Waals surface area contributed by atoms with Crippen molar-refractivity contribution in [2.75, 3.05) is 14.1 Å². The third-order valence-electron chi connectivity index (χ3n) is 4.79. The van der Waals surface area contributed by atoms with Gasteiger partial charge in [0.2, 0.25) is 0 Å². The van der Waals surface area contributed by atoms with Crippen LogP contribution in [0.3, 0.4) is 0 Å². The standard InChI is InChI=1S/C16H34N2/c1-13-8-7-10-16(12-13,18(5)6)14(17)9-11-15(2,3)4/h13-14H,7-12,17H2,1-6H3. The van der Waals surface area contributed by atoms with E-state index in [-0.39, 0.29) is 5.54 Å². The smallest absolute Gasteiger partial charge is 0.0356 e. The monoisotopic (exact) mass is 254 g/mol. The fraction of sp³-hybridized carbons (Fsp3) is 1.00. The van der Waals surface area contributed by atoms with Crippen molar-refractivity contribution in [3.8, 4) is 0 Å². The fourth-order valence-electron chi connectivity index (χ4n) is 3.50. The summed E-state index contributed by atoms with van der Waals surface area (Å²) in [6, 6.07) is 0.314. The lowest BCUT2D eigenvalue weighted by Gasteiger charge is -2.49. The topological polar surface area (TPSA) is 29.3 Å².